The molecule has 0 spiro atoms. The minimum Gasteiger partial charge on any atom is -0.484 e. The first-order valence-corrected chi connectivity index (χ1v) is 9.63. The topological polar surface area (TPSA) is 50.8 Å². The monoisotopic (exact) mass is 406 g/mol. The SMILES string of the molecule is Cc1cc(Cl)ccc1OCC(=O)NC[C@H](c1ccc(F)cc1)N1CCOCC1. The normalized spacial score (nSPS) is 15.8. The van der Waals surface area contributed by atoms with Crippen LogP contribution >= 0.6 is 11.6 Å². The lowest BCUT2D eigenvalue weighted by Gasteiger charge is -2.35. The number of nitrogens with one attached hydrogen (secondary N) is 1. The third-order valence-corrected chi connectivity index (χ3v) is 4.96. The summed E-state index contributed by atoms with van der Waals surface area (Å²) < 4.78 is 24.3. The highest BCUT2D eigenvalue weighted by Gasteiger charge is 2.23. The van der Waals surface area contributed by atoms with Gasteiger partial charge in [0.25, 0.3) is 5.91 Å². The van der Waals surface area contributed by atoms with Gasteiger partial charge >= 0.3 is 0 Å². The van der Waals surface area contributed by atoms with Gasteiger partial charge in [0.05, 0.1) is 19.3 Å². The molecule has 2 aromatic carbocycles. The van der Waals surface area contributed by atoms with Crippen LogP contribution in [0.25, 0.3) is 0 Å². The highest BCUT2D eigenvalue weighted by Crippen LogP contribution is 2.23. The van der Waals surface area contributed by atoms with E-state index in [0.717, 1.165) is 24.2 Å². The lowest BCUT2D eigenvalue weighted by Crippen LogP contribution is -2.44. The van der Waals surface area contributed by atoms with Crippen LogP contribution < -0.4 is 10.1 Å². The smallest absolute Gasteiger partial charge is 0.258 e. The van der Waals surface area contributed by atoms with Crippen molar-refractivity contribution < 1.29 is 18.7 Å². The predicted molar refractivity (Wildman–Crippen MR) is 106 cm³/mol. The summed E-state index contributed by atoms with van der Waals surface area (Å²) >= 11 is 5.93. The molecule has 1 aliphatic heterocycles. The van der Waals surface area contributed by atoms with Gasteiger partial charge in [0.15, 0.2) is 6.61 Å². The molecule has 0 unspecified atom stereocenters. The zero-order valence-corrected chi connectivity index (χ0v) is 16.5. The number of halogens is 2. The van der Waals surface area contributed by atoms with Crippen LogP contribution in [0.2, 0.25) is 5.02 Å². The van der Waals surface area contributed by atoms with Crippen LogP contribution in [0.4, 0.5) is 4.39 Å². The molecule has 2 aromatic rings. The maximum absolute atomic E-state index is 13.3. The summed E-state index contributed by atoms with van der Waals surface area (Å²) in [7, 11) is 0. The molecular formula is C21H24ClFN2O3. The molecule has 1 aliphatic rings. The average Bonchev–Trinajstić information content (AvgIpc) is 2.69. The fourth-order valence-corrected chi connectivity index (χ4v) is 3.44. The highest BCUT2D eigenvalue weighted by atomic mass is 35.5. The number of amides is 1. The summed E-state index contributed by atoms with van der Waals surface area (Å²) in [5, 5.41) is 3.55. The van der Waals surface area contributed by atoms with Gasteiger partial charge in [-0.1, -0.05) is 23.7 Å². The van der Waals surface area contributed by atoms with Crippen LogP contribution in [0.15, 0.2) is 42.5 Å². The van der Waals surface area contributed by atoms with Crippen molar-refractivity contribution in [2.75, 3.05) is 39.5 Å². The zero-order chi connectivity index (χ0) is 19.9. The largest absolute Gasteiger partial charge is 0.484 e. The molecule has 1 N–H and O–H groups in total. The van der Waals surface area contributed by atoms with Crippen LogP contribution in [0, 0.1) is 12.7 Å². The fourth-order valence-electron chi connectivity index (χ4n) is 3.21. The van der Waals surface area contributed by atoms with Crippen molar-refractivity contribution >= 4 is 17.5 Å². The second-order valence-electron chi connectivity index (χ2n) is 6.72. The first-order valence-electron chi connectivity index (χ1n) is 9.26. The maximum Gasteiger partial charge on any atom is 0.258 e. The van der Waals surface area contributed by atoms with Crippen LogP contribution in [0.5, 0.6) is 5.75 Å². The zero-order valence-electron chi connectivity index (χ0n) is 15.8. The van der Waals surface area contributed by atoms with E-state index in [4.69, 9.17) is 21.1 Å². The Labute approximate surface area is 169 Å². The van der Waals surface area contributed by atoms with E-state index in [1.54, 1.807) is 30.3 Å². The molecule has 1 atom stereocenters. The Hall–Kier alpha value is -2.15. The van der Waals surface area contributed by atoms with E-state index in [1.807, 2.05) is 6.92 Å². The van der Waals surface area contributed by atoms with Crippen molar-refractivity contribution in [2.24, 2.45) is 0 Å². The van der Waals surface area contributed by atoms with Crippen LogP contribution in [0.3, 0.4) is 0 Å². The van der Waals surface area contributed by atoms with Crippen molar-refractivity contribution in [1.82, 2.24) is 10.2 Å². The molecule has 7 heteroatoms. The van der Waals surface area contributed by atoms with Gasteiger partial charge < -0.3 is 14.8 Å². The summed E-state index contributed by atoms with van der Waals surface area (Å²) in [5.74, 6) is 0.137. The minimum absolute atomic E-state index is 0.0503. The number of carbonyl (C=O) groups is 1. The van der Waals surface area contributed by atoms with Crippen LogP contribution in [-0.4, -0.2) is 50.3 Å². The van der Waals surface area contributed by atoms with Crippen LogP contribution in [0.1, 0.15) is 17.2 Å². The van der Waals surface area contributed by atoms with Gasteiger partial charge in [0.1, 0.15) is 11.6 Å². The molecule has 5 nitrogen and oxygen atoms in total. The molecule has 0 radical (unpaired) electrons. The summed E-state index contributed by atoms with van der Waals surface area (Å²) in [4.78, 5) is 14.5. The number of nitrogens with zero attached hydrogens (tertiary/aromatic N) is 1. The molecule has 150 valence electrons. The quantitative estimate of drug-likeness (QED) is 0.766. The first-order chi connectivity index (χ1) is 13.5. The number of aryl methyl sites for hydroxylation is 1. The second kappa shape index (κ2) is 9.87. The number of benzene rings is 2. The molecule has 3 rings (SSSR count). The first kappa shape index (κ1) is 20.6. The van der Waals surface area contributed by atoms with Gasteiger partial charge in [0, 0.05) is 24.7 Å². The van der Waals surface area contributed by atoms with Crippen molar-refractivity contribution in [3.05, 3.63) is 64.4 Å². The van der Waals surface area contributed by atoms with Gasteiger partial charge in [-0.05, 0) is 48.4 Å². The molecule has 0 aromatic heterocycles. The molecule has 1 saturated heterocycles. The van der Waals surface area contributed by atoms with Crippen molar-refractivity contribution in [2.45, 2.75) is 13.0 Å². The van der Waals surface area contributed by atoms with Crippen molar-refractivity contribution in [3.8, 4) is 5.75 Å². The molecule has 0 bridgehead atoms. The predicted octanol–water partition coefficient (Wildman–Crippen LogP) is 3.36. The highest BCUT2D eigenvalue weighted by molar-refractivity contribution is 6.30. The number of rotatable bonds is 7. The van der Waals surface area contributed by atoms with Crippen molar-refractivity contribution in [3.63, 3.8) is 0 Å². The Kier molecular flexibility index (Phi) is 7.25. The Morgan fingerprint density at radius 1 is 1.25 bits per heavy atom. The van der Waals surface area contributed by atoms with E-state index in [-0.39, 0.29) is 24.4 Å². The summed E-state index contributed by atoms with van der Waals surface area (Å²) in [6.45, 7) is 5.02. The van der Waals surface area contributed by atoms with Gasteiger partial charge in [-0.3, -0.25) is 9.69 Å². The molecule has 0 saturated carbocycles. The van der Waals surface area contributed by atoms with Crippen molar-refractivity contribution in [1.29, 1.82) is 0 Å². The molecular weight excluding hydrogens is 383 g/mol. The standard InChI is InChI=1S/C21H24ClFN2O3/c1-15-12-17(22)4-7-20(15)28-14-21(26)24-13-19(25-8-10-27-11-9-25)16-2-5-18(23)6-3-16/h2-7,12,19H,8-11,13-14H2,1H3,(H,24,26)/t19-/m1/s1. The minimum atomic E-state index is -0.278. The number of morpholine rings is 1. The van der Waals surface area contributed by atoms with Gasteiger partial charge in [-0.2, -0.15) is 0 Å². The van der Waals surface area contributed by atoms with Gasteiger partial charge in [0.2, 0.25) is 0 Å². The number of hydrogen-bond donors (Lipinski definition) is 1. The van der Waals surface area contributed by atoms with E-state index in [2.05, 4.69) is 10.2 Å². The summed E-state index contributed by atoms with van der Waals surface area (Å²) in [5.41, 5.74) is 1.83. The lowest BCUT2D eigenvalue weighted by molar-refractivity contribution is -0.123. The molecule has 0 aliphatic carbocycles. The molecule has 1 amide bonds. The number of carbonyl (C=O) groups excluding carboxylic acids is 1. The third kappa shape index (κ3) is 5.67. The third-order valence-electron chi connectivity index (χ3n) is 4.73. The van der Waals surface area contributed by atoms with Crippen LogP contribution in [-0.2, 0) is 9.53 Å². The van der Waals surface area contributed by atoms with E-state index in [1.165, 1.54) is 12.1 Å². The number of hydrogen-bond acceptors (Lipinski definition) is 4. The van der Waals surface area contributed by atoms with E-state index >= 15 is 0 Å². The van der Waals surface area contributed by atoms with Gasteiger partial charge in [-0.15, -0.1) is 0 Å². The number of ether oxygens (including phenoxy) is 2. The van der Waals surface area contributed by atoms with E-state index < -0.39 is 0 Å². The fraction of sp³-hybridized carbons (Fsp3) is 0.381. The molecule has 1 fully saturated rings. The molecule has 1 heterocycles. The Morgan fingerprint density at radius 3 is 2.64 bits per heavy atom. The maximum atomic E-state index is 13.3. The average molecular weight is 407 g/mol. The Bertz CT molecular complexity index is 795. The summed E-state index contributed by atoms with van der Waals surface area (Å²) in [6, 6.07) is 11.6. The Morgan fingerprint density at radius 2 is 1.96 bits per heavy atom. The van der Waals surface area contributed by atoms with Gasteiger partial charge in [-0.25, -0.2) is 4.39 Å². The van der Waals surface area contributed by atoms with E-state index in [9.17, 15) is 9.18 Å². The summed E-state index contributed by atoms with van der Waals surface area (Å²) in [6.07, 6.45) is 0. The second-order valence-corrected chi connectivity index (χ2v) is 7.15. The lowest BCUT2D eigenvalue weighted by atomic mass is 10.0. The van der Waals surface area contributed by atoms with E-state index in [0.29, 0.717) is 30.5 Å². The molecule has 28 heavy (non-hydrogen) atoms. The Balaban J connectivity index is 1.59.